The van der Waals surface area contributed by atoms with Crippen molar-refractivity contribution in [2.45, 2.75) is 39.0 Å². The Kier molecular flexibility index (Phi) is 41.3. The van der Waals surface area contributed by atoms with E-state index in [0.717, 1.165) is 25.1 Å². The molecule has 3 N–H and O–H groups in total. The molecule has 19 nitrogen and oxygen atoms in total. The Morgan fingerprint density at radius 3 is 1.13 bits per heavy atom. The third kappa shape index (κ3) is 40.8. The van der Waals surface area contributed by atoms with Gasteiger partial charge in [0.2, 0.25) is 5.91 Å². The molecule has 0 aliphatic rings. The normalized spacial score (nSPS) is 11.2. The number of nitrogens with one attached hydrogen (secondary N) is 2. The second-order valence-corrected chi connectivity index (χ2v) is 12.9. The Bertz CT molecular complexity index is 1140. The van der Waals surface area contributed by atoms with Gasteiger partial charge in [0.1, 0.15) is 6.61 Å². The summed E-state index contributed by atoms with van der Waals surface area (Å²) in [4.78, 5) is 34.0. The summed E-state index contributed by atoms with van der Waals surface area (Å²) in [5.74, 6) is -1.63. The van der Waals surface area contributed by atoms with Crippen molar-refractivity contribution < 1.29 is 81.1 Å². The molecule has 1 amide bonds. The van der Waals surface area contributed by atoms with Crippen LogP contribution >= 0.6 is 0 Å². The van der Waals surface area contributed by atoms with Crippen LogP contribution < -0.4 is 10.6 Å². The van der Waals surface area contributed by atoms with E-state index in [9.17, 15) is 14.4 Å². The van der Waals surface area contributed by atoms with E-state index in [1.165, 1.54) is 0 Å². The maximum atomic E-state index is 12.1. The monoisotopic (exact) mass is 878 g/mol. The molecule has 0 heterocycles. The number of hydrogen-bond acceptors (Lipinski definition) is 17. The molecule has 0 unspecified atom stereocenters. The number of benzene rings is 1. The molecule has 354 valence electrons. The molecule has 0 bridgehead atoms. The van der Waals surface area contributed by atoms with Gasteiger partial charge in [-0.2, -0.15) is 0 Å². The lowest BCUT2D eigenvalue weighted by atomic mass is 10.2. The Morgan fingerprint density at radius 2 is 0.787 bits per heavy atom. The number of aliphatic carboxylic acids is 1. The molecule has 1 rings (SSSR count). The van der Waals surface area contributed by atoms with Gasteiger partial charge in [0.15, 0.2) is 0 Å². The van der Waals surface area contributed by atoms with Crippen LogP contribution in [0.1, 0.15) is 49.4 Å². The molecule has 19 heteroatoms. The number of carboxylic acid groups (broad SMARTS) is 1. The lowest BCUT2D eigenvalue weighted by molar-refractivity contribution is -0.138. The van der Waals surface area contributed by atoms with Crippen LogP contribution in [0.2, 0.25) is 0 Å². The SMILES string of the molecule is CCCCNc1ccc(C(=O)OCCOCCOCCOCCOCCOCCOCCOCCOCCOCCOCCOCCOCCCNC(=O)CCC(=O)O)cc1. The molecule has 61 heavy (non-hydrogen) atoms. The molecular weight excluding hydrogens is 804 g/mol. The van der Waals surface area contributed by atoms with E-state index in [2.05, 4.69) is 17.6 Å². The molecule has 0 aliphatic heterocycles. The lowest BCUT2D eigenvalue weighted by Crippen LogP contribution is -2.25. The minimum absolute atomic E-state index is 0.0154. The van der Waals surface area contributed by atoms with Crippen LogP contribution in [0.5, 0.6) is 0 Å². The zero-order valence-electron chi connectivity index (χ0n) is 36.4. The number of unbranched alkanes of at least 4 members (excludes halogenated alkanes) is 1. The van der Waals surface area contributed by atoms with Gasteiger partial charge >= 0.3 is 11.9 Å². The lowest BCUT2D eigenvalue weighted by Gasteiger charge is -2.09. The number of anilines is 1. The number of rotatable bonds is 48. The van der Waals surface area contributed by atoms with Gasteiger partial charge in [0.25, 0.3) is 0 Å². The first-order valence-electron chi connectivity index (χ1n) is 21.4. The first-order chi connectivity index (χ1) is 30.0. The van der Waals surface area contributed by atoms with Gasteiger partial charge in [-0.1, -0.05) is 13.3 Å². The summed E-state index contributed by atoms with van der Waals surface area (Å²) in [7, 11) is 0. The number of carbonyl (C=O) groups is 3. The van der Waals surface area contributed by atoms with Crippen molar-refractivity contribution >= 4 is 23.5 Å². The summed E-state index contributed by atoms with van der Waals surface area (Å²) in [6.07, 6.45) is 2.69. The zero-order valence-corrected chi connectivity index (χ0v) is 36.4. The summed E-state index contributed by atoms with van der Waals surface area (Å²) < 4.78 is 70.9. The maximum Gasteiger partial charge on any atom is 0.338 e. The van der Waals surface area contributed by atoms with Crippen LogP contribution in [0, 0.1) is 0 Å². The van der Waals surface area contributed by atoms with E-state index >= 15 is 0 Å². The van der Waals surface area contributed by atoms with Crippen molar-refractivity contribution in [2.24, 2.45) is 0 Å². The second kappa shape index (κ2) is 45.0. The van der Waals surface area contributed by atoms with Gasteiger partial charge < -0.3 is 77.3 Å². The van der Waals surface area contributed by atoms with Crippen LogP contribution in [0.4, 0.5) is 5.69 Å². The molecule has 0 atom stereocenters. The van der Waals surface area contributed by atoms with Crippen molar-refractivity contribution in [3.63, 3.8) is 0 Å². The van der Waals surface area contributed by atoms with Gasteiger partial charge in [-0.15, -0.1) is 0 Å². The summed E-state index contributed by atoms with van der Waals surface area (Å²) in [5, 5.41) is 14.5. The summed E-state index contributed by atoms with van der Waals surface area (Å²) in [5.41, 5.74) is 1.50. The topological polar surface area (TPSA) is 215 Å². The number of ether oxygens (including phenoxy) is 13. The zero-order chi connectivity index (χ0) is 43.9. The molecule has 1 aromatic carbocycles. The van der Waals surface area contributed by atoms with Crippen molar-refractivity contribution in [3.8, 4) is 0 Å². The molecule has 0 aliphatic carbocycles. The molecule has 0 radical (unpaired) electrons. The molecule has 0 fully saturated rings. The fourth-order valence-electron chi connectivity index (χ4n) is 4.64. The second-order valence-electron chi connectivity index (χ2n) is 12.9. The minimum atomic E-state index is -0.987. The van der Waals surface area contributed by atoms with E-state index in [1.807, 2.05) is 12.1 Å². The highest BCUT2D eigenvalue weighted by Gasteiger charge is 2.07. The third-order valence-electron chi connectivity index (χ3n) is 7.89. The number of esters is 1. The molecule has 0 saturated heterocycles. The summed E-state index contributed by atoms with van der Waals surface area (Å²) in [6, 6.07) is 7.27. The Balaban J connectivity index is 1.66. The highest BCUT2D eigenvalue weighted by Crippen LogP contribution is 2.11. The van der Waals surface area contributed by atoms with Crippen LogP contribution in [-0.2, 0) is 71.2 Å². The van der Waals surface area contributed by atoms with Crippen LogP contribution in [0.15, 0.2) is 24.3 Å². The van der Waals surface area contributed by atoms with Crippen molar-refractivity contribution in [3.05, 3.63) is 29.8 Å². The van der Waals surface area contributed by atoms with Gasteiger partial charge in [-0.05, 0) is 37.1 Å². The van der Waals surface area contributed by atoms with Gasteiger partial charge in [0.05, 0.1) is 164 Å². The number of carbonyl (C=O) groups excluding carboxylic acids is 2. The predicted molar refractivity (Wildman–Crippen MR) is 224 cm³/mol. The average Bonchev–Trinajstić information content (AvgIpc) is 3.26. The molecule has 0 saturated carbocycles. The third-order valence-corrected chi connectivity index (χ3v) is 7.89. The summed E-state index contributed by atoms with van der Waals surface area (Å²) >= 11 is 0. The number of hydrogen-bond donors (Lipinski definition) is 3. The average molecular weight is 879 g/mol. The minimum Gasteiger partial charge on any atom is -0.481 e. The Morgan fingerprint density at radius 1 is 0.443 bits per heavy atom. The van der Waals surface area contributed by atoms with Gasteiger partial charge in [0, 0.05) is 31.8 Å². The van der Waals surface area contributed by atoms with E-state index in [0.29, 0.717) is 177 Å². The van der Waals surface area contributed by atoms with Gasteiger partial charge in [-0.3, -0.25) is 9.59 Å². The largest absolute Gasteiger partial charge is 0.481 e. The highest BCUT2D eigenvalue weighted by molar-refractivity contribution is 5.89. The molecule has 0 aromatic heterocycles. The maximum absolute atomic E-state index is 12.1. The number of amides is 1. The van der Waals surface area contributed by atoms with E-state index in [4.69, 9.17) is 66.7 Å². The molecule has 1 aromatic rings. The Labute approximate surface area is 361 Å². The van der Waals surface area contributed by atoms with E-state index in [-0.39, 0.29) is 31.3 Å². The fourth-order valence-corrected chi connectivity index (χ4v) is 4.64. The quantitative estimate of drug-likeness (QED) is 0.0634. The van der Waals surface area contributed by atoms with Crippen LogP contribution in [0.25, 0.3) is 0 Å². The van der Waals surface area contributed by atoms with Crippen LogP contribution in [0.3, 0.4) is 0 Å². The van der Waals surface area contributed by atoms with Crippen molar-refractivity contribution in [2.75, 3.05) is 184 Å². The van der Waals surface area contributed by atoms with Crippen molar-refractivity contribution in [1.82, 2.24) is 5.32 Å². The molecular formula is C42H74N2O17. The van der Waals surface area contributed by atoms with Crippen molar-refractivity contribution in [1.29, 1.82) is 0 Å². The fraction of sp³-hybridized carbons (Fsp3) is 0.786. The predicted octanol–water partition coefficient (Wildman–Crippen LogP) is 2.63. The first-order valence-corrected chi connectivity index (χ1v) is 21.4. The number of carboxylic acids is 1. The highest BCUT2D eigenvalue weighted by atomic mass is 16.6. The molecule has 0 spiro atoms. The van der Waals surface area contributed by atoms with Crippen LogP contribution in [-0.4, -0.2) is 201 Å². The Hall–Kier alpha value is -3.05. The van der Waals surface area contributed by atoms with E-state index in [1.54, 1.807) is 12.1 Å². The smallest absolute Gasteiger partial charge is 0.338 e. The first kappa shape index (κ1) is 56.0. The van der Waals surface area contributed by atoms with E-state index < -0.39 is 5.97 Å². The standard InChI is InChI=1S/C42H74N2O17/c1-2-3-11-43-39-7-5-38(6-8-39)42(48)61-37-36-60-35-34-59-33-32-58-31-30-57-29-28-56-27-26-55-25-24-54-23-22-53-21-20-52-19-18-51-17-16-50-15-14-49-13-4-12-44-40(45)9-10-41(46)47/h5-8,43H,2-4,9-37H2,1H3,(H,44,45)(H,46,47). The van der Waals surface area contributed by atoms with Gasteiger partial charge in [-0.25, -0.2) is 4.79 Å². The summed E-state index contributed by atoms with van der Waals surface area (Å²) in [6.45, 7) is 14.6.